The van der Waals surface area contributed by atoms with E-state index >= 15 is 0 Å². The lowest BCUT2D eigenvalue weighted by Crippen LogP contribution is -2.25. The Labute approximate surface area is 117 Å². The van der Waals surface area contributed by atoms with Crippen LogP contribution >= 0.6 is 0 Å². The van der Waals surface area contributed by atoms with Crippen LogP contribution in [0.15, 0.2) is 6.20 Å². The Kier molecular flexibility index (Phi) is 5.44. The predicted molar refractivity (Wildman–Crippen MR) is 80.2 cm³/mol. The largest absolute Gasteiger partial charge is 0.310 e. The maximum atomic E-state index is 4.41. The third-order valence-electron chi connectivity index (χ3n) is 4.58. The first-order valence-electron chi connectivity index (χ1n) is 7.94. The molecule has 0 bridgehead atoms. The summed E-state index contributed by atoms with van der Waals surface area (Å²) < 4.78 is 2.00. The van der Waals surface area contributed by atoms with Gasteiger partial charge in [-0.15, -0.1) is 0 Å². The van der Waals surface area contributed by atoms with Crippen LogP contribution in [-0.4, -0.2) is 16.3 Å². The molecule has 1 heterocycles. The Bertz CT molecular complexity index is 377. The second kappa shape index (κ2) is 7.09. The summed E-state index contributed by atoms with van der Waals surface area (Å²) in [6, 6.07) is 0.497. The minimum atomic E-state index is 0.497. The number of nitrogens with one attached hydrogen (secondary N) is 1. The van der Waals surface area contributed by atoms with E-state index in [2.05, 4.69) is 30.5 Å². The second-order valence-corrected chi connectivity index (χ2v) is 6.06. The topological polar surface area (TPSA) is 29.9 Å². The Morgan fingerprint density at radius 2 is 2.11 bits per heavy atom. The van der Waals surface area contributed by atoms with Crippen LogP contribution in [0, 0.1) is 12.8 Å². The minimum absolute atomic E-state index is 0.497. The lowest BCUT2D eigenvalue weighted by atomic mass is 9.83. The minimum Gasteiger partial charge on any atom is -0.310 e. The van der Waals surface area contributed by atoms with Crippen molar-refractivity contribution >= 4 is 0 Å². The zero-order chi connectivity index (χ0) is 13.7. The highest BCUT2D eigenvalue weighted by Gasteiger charge is 2.22. The number of aromatic nitrogens is 2. The number of rotatable bonds is 6. The summed E-state index contributed by atoms with van der Waals surface area (Å²) >= 11 is 0. The average Bonchev–Trinajstić information content (AvgIpc) is 2.76. The summed E-state index contributed by atoms with van der Waals surface area (Å²) in [6.45, 7) is 5.52. The molecule has 108 valence electrons. The van der Waals surface area contributed by atoms with Crippen LogP contribution in [0.2, 0.25) is 0 Å². The van der Waals surface area contributed by atoms with Crippen molar-refractivity contribution in [3.63, 3.8) is 0 Å². The van der Waals surface area contributed by atoms with Crippen LogP contribution in [-0.2, 0) is 7.05 Å². The number of nitrogens with zero attached hydrogens (tertiary/aromatic N) is 2. The van der Waals surface area contributed by atoms with Crippen molar-refractivity contribution in [3.8, 4) is 0 Å². The molecule has 0 aromatic carbocycles. The van der Waals surface area contributed by atoms with Crippen LogP contribution < -0.4 is 5.32 Å². The maximum absolute atomic E-state index is 4.41. The highest BCUT2D eigenvalue weighted by molar-refractivity contribution is 5.20. The van der Waals surface area contributed by atoms with Gasteiger partial charge in [-0.25, -0.2) is 0 Å². The van der Waals surface area contributed by atoms with E-state index in [9.17, 15) is 0 Å². The fourth-order valence-corrected chi connectivity index (χ4v) is 3.25. The molecular formula is C16H29N3. The summed E-state index contributed by atoms with van der Waals surface area (Å²) in [5, 5.41) is 8.15. The monoisotopic (exact) mass is 263 g/mol. The summed E-state index contributed by atoms with van der Waals surface area (Å²) in [6.07, 6.45) is 11.7. The molecular weight excluding hydrogens is 234 g/mol. The van der Waals surface area contributed by atoms with E-state index in [4.69, 9.17) is 0 Å². The van der Waals surface area contributed by atoms with E-state index in [-0.39, 0.29) is 0 Å². The number of hydrogen-bond donors (Lipinski definition) is 1. The molecule has 1 aliphatic rings. The van der Waals surface area contributed by atoms with Gasteiger partial charge in [0.05, 0.1) is 6.20 Å². The third kappa shape index (κ3) is 3.82. The Hall–Kier alpha value is -0.830. The molecule has 1 N–H and O–H groups in total. The Morgan fingerprint density at radius 3 is 2.68 bits per heavy atom. The summed E-state index contributed by atoms with van der Waals surface area (Å²) in [7, 11) is 2.04. The smallest absolute Gasteiger partial charge is 0.0540 e. The van der Waals surface area contributed by atoms with Crippen LogP contribution in [0.25, 0.3) is 0 Å². The first kappa shape index (κ1) is 14.6. The van der Waals surface area contributed by atoms with Crippen molar-refractivity contribution in [2.24, 2.45) is 13.0 Å². The van der Waals surface area contributed by atoms with Gasteiger partial charge in [-0.1, -0.05) is 39.0 Å². The molecule has 1 saturated carbocycles. The van der Waals surface area contributed by atoms with E-state index in [1.54, 1.807) is 0 Å². The van der Waals surface area contributed by atoms with Crippen molar-refractivity contribution < 1.29 is 0 Å². The summed E-state index contributed by atoms with van der Waals surface area (Å²) in [5.41, 5.74) is 2.71. The Balaban J connectivity index is 2.04. The zero-order valence-corrected chi connectivity index (χ0v) is 12.8. The van der Waals surface area contributed by atoms with E-state index in [1.807, 2.05) is 11.7 Å². The molecule has 0 spiro atoms. The van der Waals surface area contributed by atoms with Gasteiger partial charge in [0, 0.05) is 24.3 Å². The molecule has 1 atom stereocenters. The van der Waals surface area contributed by atoms with Crippen molar-refractivity contribution in [2.75, 3.05) is 6.54 Å². The molecule has 3 heteroatoms. The van der Waals surface area contributed by atoms with Crippen molar-refractivity contribution in [2.45, 2.75) is 64.8 Å². The lowest BCUT2D eigenvalue weighted by molar-refractivity contribution is 0.299. The van der Waals surface area contributed by atoms with Gasteiger partial charge in [0.25, 0.3) is 0 Å². The van der Waals surface area contributed by atoms with Crippen LogP contribution in [0.4, 0.5) is 0 Å². The quantitative estimate of drug-likeness (QED) is 0.847. The molecule has 0 amide bonds. The zero-order valence-electron chi connectivity index (χ0n) is 12.8. The molecule has 1 unspecified atom stereocenters. The standard InChI is InChI=1S/C16H29N3/c1-4-10-17-16(11-14-8-6-5-7-9-14)15-12-18-19(3)13(15)2/h12,14,16-17H,4-11H2,1-3H3. The molecule has 3 nitrogen and oxygen atoms in total. The molecule has 1 fully saturated rings. The van der Waals surface area contributed by atoms with Gasteiger partial charge in [0.2, 0.25) is 0 Å². The third-order valence-corrected chi connectivity index (χ3v) is 4.58. The SMILES string of the molecule is CCCNC(CC1CCCCC1)c1cnn(C)c1C. The molecule has 0 aliphatic heterocycles. The summed E-state index contributed by atoms with van der Waals surface area (Å²) in [4.78, 5) is 0. The molecule has 0 saturated heterocycles. The highest BCUT2D eigenvalue weighted by Crippen LogP contribution is 2.32. The summed E-state index contributed by atoms with van der Waals surface area (Å²) in [5.74, 6) is 0.905. The van der Waals surface area contributed by atoms with E-state index < -0.39 is 0 Å². The van der Waals surface area contributed by atoms with Gasteiger partial charge in [-0.2, -0.15) is 5.10 Å². The van der Waals surface area contributed by atoms with E-state index in [1.165, 1.54) is 56.2 Å². The van der Waals surface area contributed by atoms with Gasteiger partial charge in [0.15, 0.2) is 0 Å². The highest BCUT2D eigenvalue weighted by atomic mass is 15.3. The average molecular weight is 263 g/mol. The van der Waals surface area contributed by atoms with Crippen LogP contribution in [0.3, 0.4) is 0 Å². The molecule has 2 rings (SSSR count). The Morgan fingerprint density at radius 1 is 1.37 bits per heavy atom. The van der Waals surface area contributed by atoms with Gasteiger partial charge in [0.1, 0.15) is 0 Å². The van der Waals surface area contributed by atoms with Crippen molar-refractivity contribution in [1.29, 1.82) is 0 Å². The molecule has 19 heavy (non-hydrogen) atoms. The molecule has 0 radical (unpaired) electrons. The van der Waals surface area contributed by atoms with Gasteiger partial charge < -0.3 is 5.32 Å². The molecule has 1 aliphatic carbocycles. The van der Waals surface area contributed by atoms with E-state index in [0.29, 0.717) is 6.04 Å². The second-order valence-electron chi connectivity index (χ2n) is 6.06. The fourth-order valence-electron chi connectivity index (χ4n) is 3.25. The predicted octanol–water partition coefficient (Wildman–Crippen LogP) is 3.74. The van der Waals surface area contributed by atoms with Crippen molar-refractivity contribution in [3.05, 3.63) is 17.5 Å². The lowest BCUT2D eigenvalue weighted by Gasteiger charge is -2.27. The maximum Gasteiger partial charge on any atom is 0.0540 e. The van der Waals surface area contributed by atoms with Gasteiger partial charge in [-0.05, 0) is 32.2 Å². The van der Waals surface area contributed by atoms with E-state index in [0.717, 1.165) is 12.5 Å². The number of hydrogen-bond acceptors (Lipinski definition) is 2. The van der Waals surface area contributed by atoms with Gasteiger partial charge >= 0.3 is 0 Å². The normalized spacial score (nSPS) is 18.7. The van der Waals surface area contributed by atoms with Gasteiger partial charge in [-0.3, -0.25) is 4.68 Å². The van der Waals surface area contributed by atoms with Crippen LogP contribution in [0.1, 0.15) is 69.2 Å². The van der Waals surface area contributed by atoms with Crippen LogP contribution in [0.5, 0.6) is 0 Å². The van der Waals surface area contributed by atoms with Crippen molar-refractivity contribution in [1.82, 2.24) is 15.1 Å². The molecule has 1 aromatic heterocycles. The molecule has 1 aromatic rings. The first-order valence-corrected chi connectivity index (χ1v) is 7.94. The first-order chi connectivity index (χ1) is 9.22. The number of aryl methyl sites for hydroxylation is 1. The fraction of sp³-hybridized carbons (Fsp3) is 0.812.